The fourth-order valence-corrected chi connectivity index (χ4v) is 10.2. The number of ether oxygens (including phenoxy) is 1. The summed E-state index contributed by atoms with van der Waals surface area (Å²) >= 11 is 5.71. The summed E-state index contributed by atoms with van der Waals surface area (Å²) in [5.74, 6) is 0.383. The number of imide groups is 1. The van der Waals surface area contributed by atoms with Crippen LogP contribution < -0.4 is 9.64 Å². The van der Waals surface area contributed by atoms with Gasteiger partial charge in [0.15, 0.2) is 12.4 Å². The van der Waals surface area contributed by atoms with E-state index in [1.54, 1.807) is 12.1 Å². The number of carbonyl (C=O) groups is 3. The lowest BCUT2D eigenvalue weighted by Gasteiger charge is -2.24. The second kappa shape index (κ2) is 6.40. The number of nitrogens with zero attached hydrogens (tertiary/aromatic N) is 2. The normalized spacial score (nSPS) is 33.8. The lowest BCUT2D eigenvalue weighted by Crippen LogP contribution is -2.33. The number of ketones is 1. The first-order valence-electron chi connectivity index (χ1n) is 9.82. The largest absolute Gasteiger partial charge is 0.484 e. The van der Waals surface area contributed by atoms with E-state index in [0.29, 0.717) is 11.0 Å². The summed E-state index contributed by atoms with van der Waals surface area (Å²) in [5.41, 5.74) is 0.235. The van der Waals surface area contributed by atoms with Crippen molar-refractivity contribution in [2.24, 2.45) is 11.8 Å². The maximum absolute atomic E-state index is 13.2. The molecule has 1 aromatic heterocycles. The number of pyridine rings is 1. The number of fused-ring (bicyclic) bond motifs is 2. The highest BCUT2D eigenvalue weighted by atomic mass is 35.5. The van der Waals surface area contributed by atoms with Gasteiger partial charge in [0.2, 0.25) is 11.8 Å². The molecule has 1 aromatic carbocycles. The molecule has 4 aliphatic heterocycles. The van der Waals surface area contributed by atoms with Crippen molar-refractivity contribution in [3.63, 3.8) is 0 Å². The molecule has 6 nitrogen and oxygen atoms in total. The van der Waals surface area contributed by atoms with Gasteiger partial charge in [0.05, 0.1) is 22.4 Å². The number of hydrogen-bond donors (Lipinski definition) is 0. The van der Waals surface area contributed by atoms with Crippen LogP contribution in [0.3, 0.4) is 0 Å². The molecule has 0 spiro atoms. The third-order valence-corrected chi connectivity index (χ3v) is 11.1. The minimum absolute atomic E-state index is 0.135. The molecule has 4 aliphatic rings. The molecule has 2 bridgehead atoms. The fraction of sp³-hybridized carbons (Fsp3) is 0.273. The number of allylic oxidation sites excluding steroid dienone is 1. The van der Waals surface area contributed by atoms with E-state index in [2.05, 4.69) is 16.5 Å². The molecule has 6 rings (SSSR count). The summed E-state index contributed by atoms with van der Waals surface area (Å²) in [7, 11) is -1.08. The summed E-state index contributed by atoms with van der Waals surface area (Å²) < 4.78 is 18.7. The van der Waals surface area contributed by atoms with Gasteiger partial charge >= 0.3 is 0 Å². The lowest BCUT2D eigenvalue weighted by atomic mass is 9.88. The van der Waals surface area contributed by atoms with Crippen molar-refractivity contribution >= 4 is 45.0 Å². The minimum atomic E-state index is -1.08. The summed E-state index contributed by atoms with van der Waals surface area (Å²) in [6.45, 7) is -0.282. The van der Waals surface area contributed by atoms with Gasteiger partial charge in [0, 0.05) is 16.7 Å². The number of Topliss-reactive ketones (excluding diaryl/α,β-unsaturated/α-hetero) is 1. The Balaban J connectivity index is 1.15. The summed E-state index contributed by atoms with van der Waals surface area (Å²) in [5, 5.41) is 2.44. The number of benzene rings is 1. The SMILES string of the molecule is O=C(COc1ccc(N2C(=O)C3C4C=CS5(CC45)C3C2=O)nc1)c1ccc(F)c(Cl)c1. The molecule has 0 saturated carbocycles. The fourth-order valence-electron chi connectivity index (χ4n) is 5.11. The number of halogens is 2. The average Bonchev–Trinajstić information content (AvgIpc) is 3.14. The summed E-state index contributed by atoms with van der Waals surface area (Å²) in [4.78, 5) is 43.7. The van der Waals surface area contributed by atoms with E-state index in [-0.39, 0.29) is 57.7 Å². The van der Waals surface area contributed by atoms with Crippen LogP contribution >= 0.6 is 21.6 Å². The molecule has 2 amide bonds. The number of carbonyl (C=O) groups excluding carboxylic acids is 3. The maximum Gasteiger partial charge on any atom is 0.247 e. The quantitative estimate of drug-likeness (QED) is 0.390. The predicted octanol–water partition coefficient (Wildman–Crippen LogP) is 3.34. The molecule has 3 fully saturated rings. The number of anilines is 1. The topological polar surface area (TPSA) is 76.6 Å². The molecule has 9 heteroatoms. The third kappa shape index (κ3) is 2.58. The molecule has 5 atom stereocenters. The molecule has 31 heavy (non-hydrogen) atoms. The van der Waals surface area contributed by atoms with Crippen molar-refractivity contribution in [2.75, 3.05) is 17.3 Å². The van der Waals surface area contributed by atoms with Crippen LogP contribution in [0.1, 0.15) is 10.4 Å². The van der Waals surface area contributed by atoms with Crippen molar-refractivity contribution in [3.05, 3.63) is 64.4 Å². The summed E-state index contributed by atoms with van der Waals surface area (Å²) in [6, 6.07) is 6.83. The predicted molar refractivity (Wildman–Crippen MR) is 114 cm³/mol. The van der Waals surface area contributed by atoms with Gasteiger partial charge < -0.3 is 4.74 Å². The Hall–Kier alpha value is -2.71. The van der Waals surface area contributed by atoms with Gasteiger partial charge in [-0.3, -0.25) is 14.4 Å². The molecule has 0 radical (unpaired) electrons. The number of hydrogen-bond acceptors (Lipinski definition) is 5. The van der Waals surface area contributed by atoms with Gasteiger partial charge in [-0.05, 0) is 41.5 Å². The molecule has 3 saturated heterocycles. The van der Waals surface area contributed by atoms with Crippen LogP contribution in [-0.4, -0.2) is 45.4 Å². The van der Waals surface area contributed by atoms with Gasteiger partial charge in [-0.2, -0.15) is 0 Å². The van der Waals surface area contributed by atoms with Crippen molar-refractivity contribution in [2.45, 2.75) is 10.5 Å². The van der Waals surface area contributed by atoms with Gasteiger partial charge in [-0.25, -0.2) is 24.3 Å². The van der Waals surface area contributed by atoms with E-state index in [1.165, 1.54) is 23.2 Å². The summed E-state index contributed by atoms with van der Waals surface area (Å²) in [6.07, 6.45) is 3.52. The molecule has 2 aromatic rings. The number of amides is 2. The van der Waals surface area contributed by atoms with E-state index in [9.17, 15) is 18.8 Å². The Kier molecular flexibility index (Phi) is 3.92. The highest BCUT2D eigenvalue weighted by Gasteiger charge is 2.75. The van der Waals surface area contributed by atoms with Gasteiger partial charge in [-0.1, -0.05) is 17.7 Å². The molecular weight excluding hydrogens is 443 g/mol. The van der Waals surface area contributed by atoms with Gasteiger partial charge in [-0.15, -0.1) is 0 Å². The first-order chi connectivity index (χ1) is 14.9. The average molecular weight is 459 g/mol. The minimum Gasteiger partial charge on any atom is -0.484 e. The number of rotatable bonds is 5. The lowest BCUT2D eigenvalue weighted by molar-refractivity contribution is -0.122. The van der Waals surface area contributed by atoms with Crippen LogP contribution in [0.25, 0.3) is 0 Å². The van der Waals surface area contributed by atoms with E-state index < -0.39 is 15.8 Å². The zero-order valence-corrected chi connectivity index (χ0v) is 17.6. The zero-order chi connectivity index (χ0) is 21.5. The van der Waals surface area contributed by atoms with Crippen molar-refractivity contribution in [3.8, 4) is 5.75 Å². The third-order valence-electron chi connectivity index (χ3n) is 6.63. The van der Waals surface area contributed by atoms with E-state index in [4.69, 9.17) is 16.3 Å². The van der Waals surface area contributed by atoms with E-state index >= 15 is 0 Å². The Bertz CT molecular complexity index is 1200. The first-order valence-corrected chi connectivity index (χ1v) is 12.2. The molecular formula is C22H16ClFN2O4S. The zero-order valence-electron chi connectivity index (χ0n) is 16.0. The Morgan fingerprint density at radius 1 is 1.26 bits per heavy atom. The standard InChI is InChI=1S/C22H16ClFN2O4S/c23-14-7-11(1-3-15(14)24)16(27)9-30-12-2-4-18(25-8-12)26-21(28)19-13-5-6-31(10-17(13)31)20(19)22(26)29/h1-8,13,17,19-20H,9-10H2. The second-order valence-corrected chi connectivity index (χ2v) is 12.1. The van der Waals surface area contributed by atoms with Gasteiger partial charge in [0.1, 0.15) is 17.4 Å². The van der Waals surface area contributed by atoms with Gasteiger partial charge in [0.25, 0.3) is 0 Å². The van der Waals surface area contributed by atoms with Crippen LogP contribution in [-0.2, 0) is 9.59 Å². The highest BCUT2D eigenvalue weighted by molar-refractivity contribution is 8.43. The smallest absolute Gasteiger partial charge is 0.247 e. The molecule has 0 aliphatic carbocycles. The molecule has 5 unspecified atom stereocenters. The second-order valence-electron chi connectivity index (χ2n) is 8.17. The van der Waals surface area contributed by atoms with E-state index in [0.717, 1.165) is 11.8 Å². The molecule has 5 heterocycles. The van der Waals surface area contributed by atoms with Crippen molar-refractivity contribution < 1.29 is 23.5 Å². The van der Waals surface area contributed by atoms with Crippen LogP contribution in [0.15, 0.2) is 48.0 Å². The maximum atomic E-state index is 13.2. The van der Waals surface area contributed by atoms with Crippen molar-refractivity contribution in [1.82, 2.24) is 4.98 Å². The monoisotopic (exact) mass is 458 g/mol. The molecule has 158 valence electrons. The number of aromatic nitrogens is 1. The van der Waals surface area contributed by atoms with Crippen LogP contribution in [0.5, 0.6) is 5.75 Å². The Morgan fingerprint density at radius 2 is 2.10 bits per heavy atom. The highest BCUT2D eigenvalue weighted by Crippen LogP contribution is 2.86. The van der Waals surface area contributed by atoms with Crippen LogP contribution in [0, 0.1) is 17.7 Å². The Labute approximate surface area is 183 Å². The van der Waals surface area contributed by atoms with Crippen molar-refractivity contribution in [1.29, 1.82) is 0 Å². The van der Waals surface area contributed by atoms with Crippen LogP contribution in [0.4, 0.5) is 10.2 Å². The first kappa shape index (κ1) is 19.0. The molecule has 0 N–H and O–H groups in total. The van der Waals surface area contributed by atoms with E-state index in [1.807, 2.05) is 0 Å². The Morgan fingerprint density at radius 3 is 2.77 bits per heavy atom. The van der Waals surface area contributed by atoms with Crippen LogP contribution in [0.2, 0.25) is 5.02 Å².